The molecule has 28 heavy (non-hydrogen) atoms. The van der Waals surface area contributed by atoms with Gasteiger partial charge in [0.2, 0.25) is 5.91 Å². The van der Waals surface area contributed by atoms with Gasteiger partial charge < -0.3 is 15.1 Å². The van der Waals surface area contributed by atoms with E-state index in [2.05, 4.69) is 46.7 Å². The number of aryl methyl sites for hydroxylation is 1. The number of aromatic nitrogens is 2. The van der Waals surface area contributed by atoms with Gasteiger partial charge in [-0.3, -0.25) is 14.5 Å². The van der Waals surface area contributed by atoms with E-state index >= 15 is 0 Å². The van der Waals surface area contributed by atoms with Crippen LogP contribution in [0.25, 0.3) is 0 Å². The van der Waals surface area contributed by atoms with Gasteiger partial charge in [-0.1, -0.05) is 13.0 Å². The smallest absolute Gasteiger partial charge is 0.246 e. The highest BCUT2D eigenvalue weighted by Gasteiger charge is 2.27. The minimum absolute atomic E-state index is 0. The van der Waals surface area contributed by atoms with Crippen molar-refractivity contribution in [3.63, 3.8) is 0 Å². The van der Waals surface area contributed by atoms with Gasteiger partial charge in [0.25, 0.3) is 0 Å². The fourth-order valence-corrected chi connectivity index (χ4v) is 4.05. The summed E-state index contributed by atoms with van der Waals surface area (Å²) >= 11 is 1.79. The number of aliphatic imine (C=N–C) groups is 1. The van der Waals surface area contributed by atoms with Crippen molar-refractivity contribution in [1.29, 1.82) is 0 Å². The van der Waals surface area contributed by atoms with Crippen LogP contribution in [0.5, 0.6) is 0 Å². The first-order valence-electron chi connectivity index (χ1n) is 9.41. The van der Waals surface area contributed by atoms with Gasteiger partial charge in [0, 0.05) is 44.3 Å². The number of thiophene rings is 1. The molecule has 3 rings (SSSR count). The summed E-state index contributed by atoms with van der Waals surface area (Å²) in [6, 6.07) is 4.26. The number of nitrogens with zero attached hydrogens (tertiary/aromatic N) is 5. The highest BCUT2D eigenvalue weighted by atomic mass is 127. The van der Waals surface area contributed by atoms with Crippen molar-refractivity contribution in [3.8, 4) is 0 Å². The molecule has 0 radical (unpaired) electrons. The van der Waals surface area contributed by atoms with Crippen LogP contribution in [0.3, 0.4) is 0 Å². The maximum Gasteiger partial charge on any atom is 0.246 e. The summed E-state index contributed by atoms with van der Waals surface area (Å²) in [5.74, 6) is 1.37. The molecule has 1 fully saturated rings. The fraction of sp³-hybridized carbons (Fsp3) is 0.526. The van der Waals surface area contributed by atoms with Crippen molar-refractivity contribution < 1.29 is 4.79 Å². The molecule has 1 saturated heterocycles. The summed E-state index contributed by atoms with van der Waals surface area (Å²) in [6.07, 6.45) is 4.65. The number of rotatable bonds is 6. The lowest BCUT2D eigenvalue weighted by molar-refractivity contribution is -0.120. The third-order valence-corrected chi connectivity index (χ3v) is 5.44. The molecule has 1 atom stereocenters. The highest BCUT2D eigenvalue weighted by molar-refractivity contribution is 14.0. The molecule has 2 aromatic rings. The Balaban J connectivity index is 0.00000280. The average Bonchev–Trinajstić information content (AvgIpc) is 3.30. The summed E-state index contributed by atoms with van der Waals surface area (Å²) in [6.45, 7) is 7.54. The molecule has 9 heteroatoms. The van der Waals surface area contributed by atoms with Crippen LogP contribution in [0.15, 0.2) is 34.9 Å². The van der Waals surface area contributed by atoms with Gasteiger partial charge in [-0.05, 0) is 30.7 Å². The first-order valence-corrected chi connectivity index (χ1v) is 10.3. The van der Waals surface area contributed by atoms with Gasteiger partial charge in [-0.25, -0.2) is 0 Å². The van der Waals surface area contributed by atoms with Gasteiger partial charge >= 0.3 is 0 Å². The van der Waals surface area contributed by atoms with Crippen molar-refractivity contribution in [2.75, 3.05) is 37.6 Å². The van der Waals surface area contributed by atoms with Crippen LogP contribution in [0.2, 0.25) is 0 Å². The number of hydrogen-bond acceptors (Lipinski definition) is 4. The van der Waals surface area contributed by atoms with E-state index in [9.17, 15) is 4.79 Å². The molecule has 154 valence electrons. The van der Waals surface area contributed by atoms with Gasteiger partial charge in [-0.2, -0.15) is 5.10 Å². The molecule has 1 amide bonds. The summed E-state index contributed by atoms with van der Waals surface area (Å²) in [4.78, 5) is 22.7. The predicted octanol–water partition coefficient (Wildman–Crippen LogP) is 2.59. The minimum atomic E-state index is 0. The van der Waals surface area contributed by atoms with Crippen molar-refractivity contribution >= 4 is 52.9 Å². The SMILES string of the molecule is CCNC(=NCC(C)Cc1cccs1)N1CCN(c2cnn(C)c2)C(=O)C1.I. The number of guanidine groups is 1. The van der Waals surface area contributed by atoms with E-state index in [4.69, 9.17) is 4.99 Å². The third-order valence-electron chi connectivity index (χ3n) is 4.54. The first kappa shape index (κ1) is 22.7. The Labute approximate surface area is 187 Å². The summed E-state index contributed by atoms with van der Waals surface area (Å²) in [5.41, 5.74) is 0.855. The van der Waals surface area contributed by atoms with E-state index in [-0.39, 0.29) is 29.9 Å². The molecule has 1 unspecified atom stereocenters. The zero-order valence-electron chi connectivity index (χ0n) is 16.7. The lowest BCUT2D eigenvalue weighted by Crippen LogP contribution is -2.55. The molecule has 1 aliphatic heterocycles. The van der Waals surface area contributed by atoms with E-state index in [0.29, 0.717) is 19.0 Å². The number of carbonyl (C=O) groups is 1. The second-order valence-electron chi connectivity index (χ2n) is 6.92. The molecule has 0 aromatic carbocycles. The van der Waals surface area contributed by atoms with Crippen molar-refractivity contribution in [1.82, 2.24) is 20.0 Å². The lowest BCUT2D eigenvalue weighted by Gasteiger charge is -2.35. The molecule has 1 N–H and O–H groups in total. The molecular weight excluding hydrogens is 487 g/mol. The molecule has 2 aromatic heterocycles. The van der Waals surface area contributed by atoms with E-state index in [0.717, 1.165) is 37.7 Å². The van der Waals surface area contributed by atoms with Crippen LogP contribution in [0.1, 0.15) is 18.7 Å². The Hall–Kier alpha value is -1.62. The van der Waals surface area contributed by atoms with Crippen LogP contribution in [-0.4, -0.2) is 59.3 Å². The van der Waals surface area contributed by atoms with Crippen LogP contribution in [0.4, 0.5) is 5.69 Å². The lowest BCUT2D eigenvalue weighted by atomic mass is 10.1. The Morgan fingerprint density at radius 3 is 2.86 bits per heavy atom. The van der Waals surface area contributed by atoms with E-state index < -0.39 is 0 Å². The van der Waals surface area contributed by atoms with Crippen LogP contribution < -0.4 is 10.2 Å². The third kappa shape index (κ3) is 5.94. The highest BCUT2D eigenvalue weighted by Crippen LogP contribution is 2.17. The number of anilines is 1. The zero-order chi connectivity index (χ0) is 19.2. The predicted molar refractivity (Wildman–Crippen MR) is 126 cm³/mol. The van der Waals surface area contributed by atoms with Crippen LogP contribution in [0, 0.1) is 5.92 Å². The summed E-state index contributed by atoms with van der Waals surface area (Å²) in [5, 5.41) is 9.61. The zero-order valence-corrected chi connectivity index (χ0v) is 19.8. The standard InChI is InChI=1S/C19H28N6OS.HI/c1-4-20-19(21-11-15(2)10-17-6-5-9-27-17)24-7-8-25(18(26)14-24)16-12-22-23(3)13-16;/h5-6,9,12-13,15H,4,7-8,10-11,14H2,1-3H3,(H,20,21);1H. The van der Waals surface area contributed by atoms with E-state index in [1.807, 2.05) is 13.2 Å². The first-order chi connectivity index (χ1) is 13.1. The number of amides is 1. The fourth-order valence-electron chi connectivity index (χ4n) is 3.18. The van der Waals surface area contributed by atoms with Gasteiger partial charge in [0.05, 0.1) is 11.9 Å². The molecule has 0 spiro atoms. The molecule has 0 bridgehead atoms. The average molecular weight is 516 g/mol. The van der Waals surface area contributed by atoms with E-state index in [1.165, 1.54) is 4.88 Å². The van der Waals surface area contributed by atoms with Gasteiger partial charge in [0.1, 0.15) is 6.54 Å². The number of nitrogens with one attached hydrogen (secondary N) is 1. The molecule has 1 aliphatic rings. The van der Waals surface area contributed by atoms with Gasteiger partial charge in [-0.15, -0.1) is 35.3 Å². The van der Waals surface area contributed by atoms with Gasteiger partial charge in [0.15, 0.2) is 5.96 Å². The van der Waals surface area contributed by atoms with Crippen molar-refractivity contribution in [3.05, 3.63) is 34.8 Å². The number of hydrogen-bond donors (Lipinski definition) is 1. The Bertz CT molecular complexity index is 775. The second-order valence-corrected chi connectivity index (χ2v) is 7.95. The normalized spacial score (nSPS) is 16.1. The largest absolute Gasteiger partial charge is 0.357 e. The van der Waals surface area contributed by atoms with Crippen molar-refractivity contribution in [2.45, 2.75) is 20.3 Å². The number of halogens is 1. The molecule has 7 nitrogen and oxygen atoms in total. The quantitative estimate of drug-likeness (QED) is 0.364. The summed E-state index contributed by atoms with van der Waals surface area (Å²) in [7, 11) is 1.86. The Morgan fingerprint density at radius 1 is 1.43 bits per heavy atom. The minimum Gasteiger partial charge on any atom is -0.357 e. The van der Waals surface area contributed by atoms with Crippen LogP contribution >= 0.6 is 35.3 Å². The van der Waals surface area contributed by atoms with Crippen LogP contribution in [-0.2, 0) is 18.3 Å². The molecular formula is C19H29IN6OS. The maximum absolute atomic E-state index is 12.6. The summed E-state index contributed by atoms with van der Waals surface area (Å²) < 4.78 is 1.72. The molecule has 0 saturated carbocycles. The monoisotopic (exact) mass is 516 g/mol. The van der Waals surface area contributed by atoms with E-state index in [1.54, 1.807) is 27.1 Å². The number of carbonyl (C=O) groups excluding carboxylic acids is 1. The topological polar surface area (TPSA) is 65.8 Å². The van der Waals surface area contributed by atoms with Crippen molar-refractivity contribution in [2.24, 2.45) is 18.0 Å². The number of piperazine rings is 1. The molecule has 3 heterocycles. The maximum atomic E-state index is 12.6. The Morgan fingerprint density at radius 2 is 2.25 bits per heavy atom. The Kier molecular flexibility index (Phi) is 8.74. The molecule has 0 aliphatic carbocycles. The second kappa shape index (κ2) is 10.8.